The van der Waals surface area contributed by atoms with E-state index in [2.05, 4.69) is 16.9 Å². The van der Waals surface area contributed by atoms with Gasteiger partial charge in [-0.2, -0.15) is 13.2 Å². The number of aromatic nitrogens is 1. The number of alkyl halides is 3. The molecule has 0 fully saturated rings. The Labute approximate surface area is 103 Å². The molecule has 0 atom stereocenters. The van der Waals surface area contributed by atoms with Crippen molar-refractivity contribution >= 4 is 5.69 Å². The summed E-state index contributed by atoms with van der Waals surface area (Å²) < 4.78 is 38.7. The van der Waals surface area contributed by atoms with Crippen LogP contribution < -0.4 is 11.1 Å². The van der Waals surface area contributed by atoms with Crippen LogP contribution in [-0.4, -0.2) is 4.98 Å². The number of nitrogens with two attached hydrogens (primary N) is 1. The molecule has 1 aromatic heterocycles. The van der Waals surface area contributed by atoms with Crippen LogP contribution in [0.15, 0.2) is 12.4 Å². The van der Waals surface area contributed by atoms with E-state index in [0.717, 1.165) is 18.4 Å². The first-order chi connectivity index (χ1) is 8.30. The van der Waals surface area contributed by atoms with Crippen LogP contribution in [0, 0.1) is 6.92 Å². The Balaban J connectivity index is 2.63. The van der Waals surface area contributed by atoms with Crippen LogP contribution in [0.5, 0.6) is 0 Å². The molecular weight excluding hydrogens is 243 g/mol. The predicted octanol–water partition coefficient (Wildman–Crippen LogP) is 2.74. The molecule has 0 radical (unpaired) electrons. The van der Waals surface area contributed by atoms with E-state index < -0.39 is 11.9 Å². The SMILES string of the molecule is C=C(N)Nc1c(C)c(C(F)(F)F)nc2c1CCC2. The van der Waals surface area contributed by atoms with Gasteiger partial charge in [0.05, 0.1) is 5.82 Å². The van der Waals surface area contributed by atoms with E-state index in [9.17, 15) is 13.2 Å². The first-order valence-corrected chi connectivity index (χ1v) is 5.61. The second-order valence-corrected chi connectivity index (χ2v) is 4.39. The van der Waals surface area contributed by atoms with Crippen LogP contribution in [0.3, 0.4) is 0 Å². The first-order valence-electron chi connectivity index (χ1n) is 5.61. The number of anilines is 1. The molecule has 1 aromatic rings. The minimum Gasteiger partial charge on any atom is -0.386 e. The van der Waals surface area contributed by atoms with Crippen molar-refractivity contribution in [2.45, 2.75) is 32.4 Å². The number of rotatable bonds is 2. The number of pyridine rings is 1. The highest BCUT2D eigenvalue weighted by atomic mass is 19.4. The summed E-state index contributed by atoms with van der Waals surface area (Å²) in [5.41, 5.74) is 6.43. The summed E-state index contributed by atoms with van der Waals surface area (Å²) in [5, 5.41) is 2.73. The lowest BCUT2D eigenvalue weighted by atomic mass is 10.1. The number of nitrogens with one attached hydrogen (secondary N) is 1. The van der Waals surface area contributed by atoms with E-state index in [-0.39, 0.29) is 11.4 Å². The van der Waals surface area contributed by atoms with Crippen molar-refractivity contribution in [2.24, 2.45) is 5.73 Å². The fourth-order valence-electron chi connectivity index (χ4n) is 2.29. The molecule has 18 heavy (non-hydrogen) atoms. The molecular formula is C12H14F3N3. The van der Waals surface area contributed by atoms with Crippen molar-refractivity contribution in [3.8, 4) is 0 Å². The van der Waals surface area contributed by atoms with Gasteiger partial charge in [0.15, 0.2) is 0 Å². The molecule has 0 aliphatic heterocycles. The maximum atomic E-state index is 12.9. The molecule has 2 rings (SSSR count). The zero-order valence-corrected chi connectivity index (χ0v) is 9.99. The standard InChI is InChI=1S/C12H14F3N3/c1-6-10(17-7(2)16)8-4-3-5-9(8)18-11(6)12(13,14)15/h2-5,16H2,1H3,(H,17,18). The van der Waals surface area contributed by atoms with E-state index in [0.29, 0.717) is 17.8 Å². The highest BCUT2D eigenvalue weighted by Gasteiger charge is 2.37. The van der Waals surface area contributed by atoms with Gasteiger partial charge in [0.1, 0.15) is 5.69 Å². The molecule has 0 spiro atoms. The van der Waals surface area contributed by atoms with Crippen LogP contribution in [0.2, 0.25) is 0 Å². The van der Waals surface area contributed by atoms with Crippen molar-refractivity contribution in [1.29, 1.82) is 0 Å². The van der Waals surface area contributed by atoms with Gasteiger partial charge in [-0.1, -0.05) is 6.58 Å². The van der Waals surface area contributed by atoms with Gasteiger partial charge >= 0.3 is 6.18 Å². The van der Waals surface area contributed by atoms with Gasteiger partial charge in [0, 0.05) is 16.9 Å². The highest BCUT2D eigenvalue weighted by molar-refractivity contribution is 5.64. The summed E-state index contributed by atoms with van der Waals surface area (Å²) >= 11 is 0. The Hall–Kier alpha value is -1.72. The van der Waals surface area contributed by atoms with E-state index in [4.69, 9.17) is 5.73 Å². The third kappa shape index (κ3) is 2.14. The molecule has 0 unspecified atom stereocenters. The van der Waals surface area contributed by atoms with Gasteiger partial charge in [-0.15, -0.1) is 0 Å². The molecule has 0 bridgehead atoms. The Morgan fingerprint density at radius 3 is 2.61 bits per heavy atom. The zero-order chi connectivity index (χ0) is 13.5. The lowest BCUT2D eigenvalue weighted by molar-refractivity contribution is -0.141. The number of nitrogens with zero attached hydrogens (tertiary/aromatic N) is 1. The average Bonchev–Trinajstić information content (AvgIpc) is 2.67. The van der Waals surface area contributed by atoms with Crippen LogP contribution in [0.25, 0.3) is 0 Å². The van der Waals surface area contributed by atoms with Crippen LogP contribution in [-0.2, 0) is 19.0 Å². The average molecular weight is 257 g/mol. The molecule has 98 valence electrons. The Bertz CT molecular complexity index is 506. The molecule has 3 nitrogen and oxygen atoms in total. The summed E-state index contributed by atoms with van der Waals surface area (Å²) in [6.07, 6.45) is -2.34. The lowest BCUT2D eigenvalue weighted by Gasteiger charge is -2.18. The maximum Gasteiger partial charge on any atom is 0.433 e. The van der Waals surface area contributed by atoms with Crippen molar-refractivity contribution in [1.82, 2.24) is 4.98 Å². The number of hydrogen-bond acceptors (Lipinski definition) is 3. The van der Waals surface area contributed by atoms with Crippen LogP contribution in [0.1, 0.15) is 28.9 Å². The topological polar surface area (TPSA) is 50.9 Å². The zero-order valence-electron chi connectivity index (χ0n) is 9.99. The smallest absolute Gasteiger partial charge is 0.386 e. The maximum absolute atomic E-state index is 12.9. The monoisotopic (exact) mass is 257 g/mol. The number of hydrogen-bond donors (Lipinski definition) is 2. The minimum absolute atomic E-state index is 0.0785. The first kappa shape index (κ1) is 12.7. The Morgan fingerprint density at radius 1 is 1.39 bits per heavy atom. The van der Waals surface area contributed by atoms with E-state index in [1.807, 2.05) is 0 Å². The van der Waals surface area contributed by atoms with E-state index in [1.165, 1.54) is 6.92 Å². The molecule has 0 saturated heterocycles. The highest BCUT2D eigenvalue weighted by Crippen LogP contribution is 2.38. The summed E-state index contributed by atoms with van der Waals surface area (Å²) in [4.78, 5) is 3.76. The molecule has 3 N–H and O–H groups in total. The molecule has 1 heterocycles. The quantitative estimate of drug-likeness (QED) is 0.856. The van der Waals surface area contributed by atoms with Crippen molar-refractivity contribution < 1.29 is 13.2 Å². The van der Waals surface area contributed by atoms with Crippen molar-refractivity contribution in [3.05, 3.63) is 34.9 Å². The van der Waals surface area contributed by atoms with Crippen LogP contribution >= 0.6 is 0 Å². The van der Waals surface area contributed by atoms with Crippen LogP contribution in [0.4, 0.5) is 18.9 Å². The van der Waals surface area contributed by atoms with Gasteiger partial charge in [-0.25, -0.2) is 4.98 Å². The normalized spacial score (nSPS) is 14.4. The van der Waals surface area contributed by atoms with Crippen molar-refractivity contribution in [3.63, 3.8) is 0 Å². The largest absolute Gasteiger partial charge is 0.433 e. The minimum atomic E-state index is -4.45. The number of aryl methyl sites for hydroxylation is 1. The third-order valence-electron chi connectivity index (χ3n) is 3.02. The Kier molecular flexibility index (Phi) is 2.96. The second kappa shape index (κ2) is 4.19. The summed E-state index contributed by atoms with van der Waals surface area (Å²) in [7, 11) is 0. The van der Waals surface area contributed by atoms with Gasteiger partial charge in [0.25, 0.3) is 0 Å². The van der Waals surface area contributed by atoms with Gasteiger partial charge in [0.2, 0.25) is 0 Å². The molecule has 1 aliphatic carbocycles. The van der Waals surface area contributed by atoms with Gasteiger partial charge < -0.3 is 11.1 Å². The molecule has 0 saturated carbocycles. The predicted molar refractivity (Wildman–Crippen MR) is 63.0 cm³/mol. The molecule has 6 heteroatoms. The second-order valence-electron chi connectivity index (χ2n) is 4.39. The summed E-state index contributed by atoms with van der Waals surface area (Å²) in [6.45, 7) is 4.88. The Morgan fingerprint density at radius 2 is 2.06 bits per heavy atom. The van der Waals surface area contributed by atoms with Crippen molar-refractivity contribution in [2.75, 3.05) is 5.32 Å². The number of fused-ring (bicyclic) bond motifs is 1. The fourth-order valence-corrected chi connectivity index (χ4v) is 2.29. The van der Waals surface area contributed by atoms with E-state index in [1.54, 1.807) is 0 Å². The summed E-state index contributed by atoms with van der Waals surface area (Å²) in [5.74, 6) is 0.131. The molecule has 0 aromatic carbocycles. The molecule has 1 aliphatic rings. The summed E-state index contributed by atoms with van der Waals surface area (Å²) in [6, 6.07) is 0. The third-order valence-corrected chi connectivity index (χ3v) is 3.02. The van der Waals surface area contributed by atoms with Gasteiger partial charge in [-0.3, -0.25) is 0 Å². The fraction of sp³-hybridized carbons (Fsp3) is 0.417. The lowest BCUT2D eigenvalue weighted by Crippen LogP contribution is -2.17. The number of halogens is 3. The van der Waals surface area contributed by atoms with E-state index >= 15 is 0 Å². The van der Waals surface area contributed by atoms with Gasteiger partial charge in [-0.05, 0) is 31.7 Å². The molecule has 0 amide bonds.